The van der Waals surface area contributed by atoms with Crippen LogP contribution in [0, 0.1) is 12.8 Å². The van der Waals surface area contributed by atoms with Crippen molar-refractivity contribution in [3.05, 3.63) is 41.5 Å². The molecule has 0 atom stereocenters. The van der Waals surface area contributed by atoms with Crippen LogP contribution in [0.15, 0.2) is 24.3 Å². The first-order valence-corrected chi connectivity index (χ1v) is 9.46. The zero-order valence-electron chi connectivity index (χ0n) is 16.4. The van der Waals surface area contributed by atoms with Crippen molar-refractivity contribution >= 4 is 11.8 Å². The molecule has 27 heavy (non-hydrogen) atoms. The van der Waals surface area contributed by atoms with Gasteiger partial charge in [-0.05, 0) is 37.3 Å². The third-order valence-electron chi connectivity index (χ3n) is 5.15. The van der Waals surface area contributed by atoms with E-state index in [1.165, 1.54) is 0 Å². The van der Waals surface area contributed by atoms with E-state index < -0.39 is 0 Å². The third-order valence-corrected chi connectivity index (χ3v) is 5.15. The molecule has 2 amide bonds. The molecule has 0 saturated carbocycles. The second kappa shape index (κ2) is 7.90. The summed E-state index contributed by atoms with van der Waals surface area (Å²) in [5, 5.41) is 7.19. The first-order chi connectivity index (χ1) is 12.9. The highest BCUT2D eigenvalue weighted by atomic mass is 16.2. The molecule has 3 rings (SSSR count). The molecule has 0 radical (unpaired) electrons. The lowest BCUT2D eigenvalue weighted by molar-refractivity contribution is -0.125. The fourth-order valence-electron chi connectivity index (χ4n) is 3.57. The molecule has 1 aromatic heterocycles. The van der Waals surface area contributed by atoms with Crippen LogP contribution in [0.3, 0.4) is 0 Å². The van der Waals surface area contributed by atoms with Gasteiger partial charge in [0.2, 0.25) is 11.7 Å². The van der Waals surface area contributed by atoms with Crippen molar-refractivity contribution in [1.29, 1.82) is 0 Å². The van der Waals surface area contributed by atoms with E-state index in [1.807, 2.05) is 25.1 Å². The van der Waals surface area contributed by atoms with Crippen LogP contribution in [0.25, 0.3) is 5.69 Å². The van der Waals surface area contributed by atoms with E-state index in [4.69, 9.17) is 0 Å². The summed E-state index contributed by atoms with van der Waals surface area (Å²) in [7, 11) is 1.65. The Morgan fingerprint density at radius 2 is 1.85 bits per heavy atom. The topological polar surface area (TPSA) is 80.1 Å². The molecule has 0 spiro atoms. The van der Waals surface area contributed by atoms with E-state index in [2.05, 4.69) is 35.3 Å². The number of hydrogen-bond donors (Lipinski definition) is 1. The van der Waals surface area contributed by atoms with Gasteiger partial charge < -0.3 is 10.2 Å². The van der Waals surface area contributed by atoms with Crippen molar-refractivity contribution in [3.8, 4) is 5.69 Å². The number of carbonyl (C=O) groups excluding carboxylic acids is 2. The van der Waals surface area contributed by atoms with Gasteiger partial charge in [0.1, 0.15) is 5.82 Å². The monoisotopic (exact) mass is 369 g/mol. The highest BCUT2D eigenvalue weighted by Crippen LogP contribution is 2.24. The molecule has 2 aromatic rings. The molecule has 7 heteroatoms. The van der Waals surface area contributed by atoms with Crippen LogP contribution in [0.4, 0.5) is 0 Å². The molecular weight excluding hydrogens is 342 g/mol. The molecule has 0 bridgehead atoms. The first-order valence-electron chi connectivity index (χ1n) is 9.46. The fourth-order valence-corrected chi connectivity index (χ4v) is 3.57. The molecule has 1 aliphatic rings. The summed E-state index contributed by atoms with van der Waals surface area (Å²) in [6.45, 7) is 7.22. The predicted molar refractivity (Wildman–Crippen MR) is 103 cm³/mol. The number of para-hydroxylation sites is 1. The predicted octanol–water partition coefficient (Wildman–Crippen LogP) is 2.30. The molecule has 0 aliphatic carbocycles. The molecule has 1 aliphatic heterocycles. The van der Waals surface area contributed by atoms with Crippen molar-refractivity contribution in [3.63, 3.8) is 0 Å². The Bertz CT molecular complexity index is 835. The van der Waals surface area contributed by atoms with Gasteiger partial charge >= 0.3 is 0 Å². The van der Waals surface area contributed by atoms with Crippen LogP contribution in [0.5, 0.6) is 0 Å². The molecule has 1 saturated heterocycles. The van der Waals surface area contributed by atoms with Gasteiger partial charge in [-0.3, -0.25) is 9.59 Å². The average Bonchev–Trinajstić information content (AvgIpc) is 3.08. The second-order valence-corrected chi connectivity index (χ2v) is 7.29. The van der Waals surface area contributed by atoms with E-state index in [1.54, 1.807) is 16.6 Å². The highest BCUT2D eigenvalue weighted by molar-refractivity contribution is 5.90. The van der Waals surface area contributed by atoms with Crippen molar-refractivity contribution < 1.29 is 9.59 Å². The molecule has 2 heterocycles. The number of benzene rings is 1. The third kappa shape index (κ3) is 3.86. The maximum Gasteiger partial charge on any atom is 0.293 e. The molecule has 1 N–H and O–H groups in total. The number of aromatic nitrogens is 3. The molecule has 1 fully saturated rings. The number of aryl methyl sites for hydroxylation is 1. The lowest BCUT2D eigenvalue weighted by atomic mass is 9.96. The normalized spacial score (nSPS) is 15.2. The van der Waals surface area contributed by atoms with Crippen molar-refractivity contribution in [1.82, 2.24) is 25.0 Å². The Balaban J connectivity index is 1.79. The number of nitrogens with zero attached hydrogens (tertiary/aromatic N) is 4. The van der Waals surface area contributed by atoms with Crippen LogP contribution in [-0.2, 0) is 4.79 Å². The largest absolute Gasteiger partial charge is 0.359 e. The molecule has 0 unspecified atom stereocenters. The second-order valence-electron chi connectivity index (χ2n) is 7.29. The van der Waals surface area contributed by atoms with Gasteiger partial charge in [0, 0.05) is 26.1 Å². The van der Waals surface area contributed by atoms with E-state index in [-0.39, 0.29) is 23.6 Å². The average molecular weight is 369 g/mol. The van der Waals surface area contributed by atoms with E-state index in [0.717, 1.165) is 11.3 Å². The number of likely N-dealkylation sites (tertiary alicyclic amines) is 1. The van der Waals surface area contributed by atoms with Gasteiger partial charge in [0.25, 0.3) is 5.91 Å². The quantitative estimate of drug-likeness (QED) is 0.897. The molecule has 1 aromatic carbocycles. The summed E-state index contributed by atoms with van der Waals surface area (Å²) in [5.74, 6) is 1.09. The maximum absolute atomic E-state index is 12.8. The Labute approximate surface area is 159 Å². The number of carbonyl (C=O) groups is 2. The minimum Gasteiger partial charge on any atom is -0.359 e. The lowest BCUT2D eigenvalue weighted by Crippen LogP contribution is -2.42. The zero-order chi connectivity index (χ0) is 19.6. The van der Waals surface area contributed by atoms with Crippen LogP contribution < -0.4 is 5.32 Å². The SMILES string of the molecule is CNC(=O)C1CCN(C(=O)c2nc(C)n(-c3ccccc3C(C)C)n2)CC1. The van der Waals surface area contributed by atoms with Gasteiger partial charge in [-0.1, -0.05) is 32.0 Å². The first kappa shape index (κ1) is 19.1. The number of nitrogens with one attached hydrogen (secondary N) is 1. The van der Waals surface area contributed by atoms with Gasteiger partial charge in [-0.25, -0.2) is 9.67 Å². The van der Waals surface area contributed by atoms with Gasteiger partial charge in [0.05, 0.1) is 5.69 Å². The standard InChI is InChI=1S/C20H27N5O2/c1-13(2)16-7-5-6-8-17(16)25-14(3)22-18(23-25)20(27)24-11-9-15(10-12-24)19(26)21-4/h5-8,13,15H,9-12H2,1-4H3,(H,21,26). The summed E-state index contributed by atoms with van der Waals surface area (Å²) in [5.41, 5.74) is 2.12. The lowest BCUT2D eigenvalue weighted by Gasteiger charge is -2.30. The Morgan fingerprint density at radius 3 is 2.48 bits per heavy atom. The Kier molecular flexibility index (Phi) is 5.58. The number of rotatable bonds is 4. The van der Waals surface area contributed by atoms with Crippen LogP contribution in [-0.4, -0.2) is 51.6 Å². The summed E-state index contributed by atoms with van der Waals surface area (Å²) >= 11 is 0. The van der Waals surface area contributed by atoms with E-state index in [9.17, 15) is 9.59 Å². The minimum absolute atomic E-state index is 0.0239. The van der Waals surface area contributed by atoms with Crippen molar-refractivity contribution in [2.45, 2.75) is 39.5 Å². The minimum atomic E-state index is -0.172. The van der Waals surface area contributed by atoms with Crippen molar-refractivity contribution in [2.75, 3.05) is 20.1 Å². The van der Waals surface area contributed by atoms with E-state index >= 15 is 0 Å². The Morgan fingerprint density at radius 1 is 1.19 bits per heavy atom. The number of amides is 2. The zero-order valence-corrected chi connectivity index (χ0v) is 16.4. The van der Waals surface area contributed by atoms with E-state index in [0.29, 0.717) is 37.7 Å². The smallest absolute Gasteiger partial charge is 0.293 e. The number of hydrogen-bond acceptors (Lipinski definition) is 4. The van der Waals surface area contributed by atoms with Crippen LogP contribution in [0.1, 0.15) is 54.6 Å². The molecule has 7 nitrogen and oxygen atoms in total. The maximum atomic E-state index is 12.8. The summed E-state index contributed by atoms with van der Waals surface area (Å²) in [6, 6.07) is 8.05. The summed E-state index contributed by atoms with van der Waals surface area (Å²) < 4.78 is 1.75. The number of piperidine rings is 1. The highest BCUT2D eigenvalue weighted by Gasteiger charge is 2.29. The van der Waals surface area contributed by atoms with Gasteiger partial charge in [-0.2, -0.15) is 0 Å². The van der Waals surface area contributed by atoms with Gasteiger partial charge in [0.15, 0.2) is 0 Å². The summed E-state index contributed by atoms with van der Waals surface area (Å²) in [6.07, 6.45) is 1.34. The molecule has 144 valence electrons. The van der Waals surface area contributed by atoms with Crippen LogP contribution in [0.2, 0.25) is 0 Å². The van der Waals surface area contributed by atoms with Crippen LogP contribution >= 0.6 is 0 Å². The van der Waals surface area contributed by atoms with Crippen molar-refractivity contribution in [2.24, 2.45) is 5.92 Å². The Hall–Kier alpha value is -2.70. The fraction of sp³-hybridized carbons (Fsp3) is 0.500. The molecular formula is C20H27N5O2. The van der Waals surface area contributed by atoms with Gasteiger partial charge in [-0.15, -0.1) is 5.10 Å². The summed E-state index contributed by atoms with van der Waals surface area (Å²) in [4.78, 5) is 30.8.